The molecule has 1 aromatic heterocycles. The highest BCUT2D eigenvalue weighted by atomic mass is 35.5. The molecular formula is C14H14ClN5OS. The Hall–Kier alpha value is -2.04. The lowest BCUT2D eigenvalue weighted by atomic mass is 10.2. The van der Waals surface area contributed by atoms with E-state index in [0.29, 0.717) is 21.4 Å². The summed E-state index contributed by atoms with van der Waals surface area (Å²) in [5.41, 5.74) is 0.765. The van der Waals surface area contributed by atoms with Crippen molar-refractivity contribution >= 4 is 35.0 Å². The summed E-state index contributed by atoms with van der Waals surface area (Å²) in [5, 5.41) is 19.5. The maximum Gasteiger partial charge on any atom is 0.234 e. The van der Waals surface area contributed by atoms with Crippen LogP contribution in [-0.2, 0) is 4.79 Å². The maximum atomic E-state index is 12.0. The highest BCUT2D eigenvalue weighted by Crippen LogP contribution is 2.21. The molecule has 0 spiro atoms. The van der Waals surface area contributed by atoms with E-state index in [1.807, 2.05) is 19.9 Å². The third-order valence-electron chi connectivity index (χ3n) is 2.74. The number of hydrogen-bond donors (Lipinski definition) is 2. The van der Waals surface area contributed by atoms with Gasteiger partial charge in [0.05, 0.1) is 17.0 Å². The summed E-state index contributed by atoms with van der Waals surface area (Å²) in [6.45, 7) is 4.01. The van der Waals surface area contributed by atoms with Gasteiger partial charge >= 0.3 is 0 Å². The number of carbonyl (C=O) groups is 1. The highest BCUT2D eigenvalue weighted by Gasteiger charge is 2.11. The fourth-order valence-electron chi connectivity index (χ4n) is 1.61. The van der Waals surface area contributed by atoms with Gasteiger partial charge < -0.3 is 5.32 Å². The summed E-state index contributed by atoms with van der Waals surface area (Å²) in [5.74, 6) is 0.928. The van der Waals surface area contributed by atoms with Crippen molar-refractivity contribution in [2.45, 2.75) is 24.9 Å². The van der Waals surface area contributed by atoms with E-state index in [0.717, 1.165) is 5.82 Å². The number of amides is 1. The molecular weight excluding hydrogens is 322 g/mol. The molecule has 0 aliphatic rings. The van der Waals surface area contributed by atoms with Crippen LogP contribution in [0.4, 0.5) is 5.69 Å². The summed E-state index contributed by atoms with van der Waals surface area (Å²) < 4.78 is 0. The molecule has 0 fully saturated rings. The number of thioether (sulfide) groups is 1. The number of carbonyl (C=O) groups excluding carboxylic acids is 1. The van der Waals surface area contributed by atoms with Crippen molar-refractivity contribution < 1.29 is 4.79 Å². The molecule has 2 aromatic rings. The largest absolute Gasteiger partial charge is 0.324 e. The van der Waals surface area contributed by atoms with Crippen molar-refractivity contribution in [1.29, 1.82) is 5.26 Å². The van der Waals surface area contributed by atoms with Gasteiger partial charge in [-0.3, -0.25) is 9.89 Å². The third-order valence-corrected chi connectivity index (χ3v) is 3.82. The first-order chi connectivity index (χ1) is 10.5. The van der Waals surface area contributed by atoms with Crippen LogP contribution >= 0.6 is 23.4 Å². The number of aromatic amines is 1. The lowest BCUT2D eigenvalue weighted by molar-refractivity contribution is -0.113. The minimum atomic E-state index is -0.250. The molecule has 0 saturated heterocycles. The normalized spacial score (nSPS) is 10.5. The molecule has 0 saturated carbocycles. The molecule has 2 rings (SSSR count). The van der Waals surface area contributed by atoms with Gasteiger partial charge in [-0.05, 0) is 18.2 Å². The second-order valence-electron chi connectivity index (χ2n) is 4.80. The molecule has 1 amide bonds. The minimum absolute atomic E-state index is 0.146. The number of benzene rings is 1. The van der Waals surface area contributed by atoms with Crippen LogP contribution in [0.3, 0.4) is 0 Å². The fourth-order valence-corrected chi connectivity index (χ4v) is 2.39. The number of halogens is 1. The molecule has 1 aromatic carbocycles. The molecule has 0 aliphatic heterocycles. The minimum Gasteiger partial charge on any atom is -0.324 e. The van der Waals surface area contributed by atoms with Crippen LogP contribution in [0.5, 0.6) is 0 Å². The van der Waals surface area contributed by atoms with Crippen molar-refractivity contribution in [3.8, 4) is 6.07 Å². The molecule has 2 N–H and O–H groups in total. The number of anilines is 1. The Labute approximate surface area is 137 Å². The summed E-state index contributed by atoms with van der Waals surface area (Å²) in [4.78, 5) is 16.2. The van der Waals surface area contributed by atoms with Crippen LogP contribution in [0.15, 0.2) is 23.4 Å². The second kappa shape index (κ2) is 7.29. The van der Waals surface area contributed by atoms with Crippen molar-refractivity contribution in [3.05, 3.63) is 34.6 Å². The molecule has 0 atom stereocenters. The van der Waals surface area contributed by atoms with Crippen molar-refractivity contribution in [2.24, 2.45) is 0 Å². The molecule has 114 valence electrons. The van der Waals surface area contributed by atoms with Crippen LogP contribution in [0.2, 0.25) is 5.02 Å². The summed E-state index contributed by atoms with van der Waals surface area (Å²) in [6.07, 6.45) is 0. The lowest BCUT2D eigenvalue weighted by Crippen LogP contribution is -2.15. The second-order valence-corrected chi connectivity index (χ2v) is 6.18. The summed E-state index contributed by atoms with van der Waals surface area (Å²) in [6, 6.07) is 6.72. The van der Waals surface area contributed by atoms with E-state index >= 15 is 0 Å². The summed E-state index contributed by atoms with van der Waals surface area (Å²) >= 11 is 7.09. The predicted octanol–water partition coefficient (Wildman–Crippen LogP) is 3.18. The molecule has 1 heterocycles. The van der Waals surface area contributed by atoms with Crippen molar-refractivity contribution in [1.82, 2.24) is 15.2 Å². The van der Waals surface area contributed by atoms with Gasteiger partial charge in [0.1, 0.15) is 11.9 Å². The molecule has 6 nitrogen and oxygen atoms in total. The zero-order valence-electron chi connectivity index (χ0n) is 12.1. The molecule has 0 aliphatic carbocycles. The van der Waals surface area contributed by atoms with Crippen LogP contribution in [0, 0.1) is 11.3 Å². The van der Waals surface area contributed by atoms with E-state index in [2.05, 4.69) is 20.5 Å². The first-order valence-electron chi connectivity index (χ1n) is 6.54. The Morgan fingerprint density at radius 1 is 1.55 bits per heavy atom. The molecule has 0 radical (unpaired) electrons. The van der Waals surface area contributed by atoms with Gasteiger partial charge in [0, 0.05) is 10.9 Å². The van der Waals surface area contributed by atoms with E-state index in [-0.39, 0.29) is 17.6 Å². The van der Waals surface area contributed by atoms with E-state index < -0.39 is 0 Å². The highest BCUT2D eigenvalue weighted by molar-refractivity contribution is 7.99. The number of nitrogens with one attached hydrogen (secondary N) is 2. The van der Waals surface area contributed by atoms with Gasteiger partial charge in [-0.1, -0.05) is 37.2 Å². The van der Waals surface area contributed by atoms with E-state index in [1.165, 1.54) is 11.8 Å². The SMILES string of the molecule is CC(C)c1nc(SCC(=O)Nc2cc(Cl)ccc2C#N)n[nH]1. The van der Waals surface area contributed by atoms with E-state index in [1.54, 1.807) is 18.2 Å². The number of H-pyrrole nitrogens is 1. The number of aromatic nitrogens is 3. The van der Waals surface area contributed by atoms with Crippen LogP contribution < -0.4 is 5.32 Å². The predicted molar refractivity (Wildman–Crippen MR) is 86.0 cm³/mol. The van der Waals surface area contributed by atoms with Gasteiger partial charge in [0.2, 0.25) is 11.1 Å². The van der Waals surface area contributed by atoms with E-state index in [4.69, 9.17) is 16.9 Å². The third kappa shape index (κ3) is 4.23. The number of nitriles is 1. The van der Waals surface area contributed by atoms with Crippen molar-refractivity contribution in [3.63, 3.8) is 0 Å². The Morgan fingerprint density at radius 2 is 2.32 bits per heavy atom. The zero-order valence-corrected chi connectivity index (χ0v) is 13.6. The number of hydrogen-bond acceptors (Lipinski definition) is 5. The molecule has 8 heteroatoms. The Balaban J connectivity index is 1.96. The standard InChI is InChI=1S/C14H14ClN5OS/c1-8(2)13-18-14(20-19-13)22-7-12(21)17-11-5-10(15)4-3-9(11)6-16/h3-5,8H,7H2,1-2H3,(H,17,21)(H,18,19,20). The van der Waals surface area contributed by atoms with Crippen molar-refractivity contribution in [2.75, 3.05) is 11.1 Å². The Bertz CT molecular complexity index is 722. The van der Waals surface area contributed by atoms with Gasteiger partial charge in [0.25, 0.3) is 0 Å². The number of rotatable bonds is 5. The molecule has 22 heavy (non-hydrogen) atoms. The first kappa shape index (κ1) is 16.3. The van der Waals surface area contributed by atoms with Gasteiger partial charge in [0.15, 0.2) is 0 Å². The molecule has 0 unspecified atom stereocenters. The van der Waals surface area contributed by atoms with E-state index in [9.17, 15) is 4.79 Å². The topological polar surface area (TPSA) is 94.5 Å². The van der Waals surface area contributed by atoms with Crippen LogP contribution in [0.25, 0.3) is 0 Å². The Kier molecular flexibility index (Phi) is 5.41. The summed E-state index contributed by atoms with van der Waals surface area (Å²) in [7, 11) is 0. The van der Waals surface area contributed by atoms with Gasteiger partial charge in [-0.15, -0.1) is 5.10 Å². The zero-order chi connectivity index (χ0) is 16.1. The van der Waals surface area contributed by atoms with Gasteiger partial charge in [-0.25, -0.2) is 4.98 Å². The quantitative estimate of drug-likeness (QED) is 0.818. The lowest BCUT2D eigenvalue weighted by Gasteiger charge is -2.06. The first-order valence-corrected chi connectivity index (χ1v) is 7.90. The smallest absolute Gasteiger partial charge is 0.234 e. The van der Waals surface area contributed by atoms with Crippen LogP contribution in [-0.4, -0.2) is 26.8 Å². The monoisotopic (exact) mass is 335 g/mol. The Morgan fingerprint density at radius 3 is 2.95 bits per heavy atom. The average Bonchev–Trinajstić information content (AvgIpc) is 2.94. The maximum absolute atomic E-state index is 12.0. The van der Waals surface area contributed by atoms with Gasteiger partial charge in [-0.2, -0.15) is 5.26 Å². The average molecular weight is 336 g/mol. The molecule has 0 bridgehead atoms. The fraction of sp³-hybridized carbons (Fsp3) is 0.286. The number of nitrogens with zero attached hydrogens (tertiary/aromatic N) is 3. The van der Waals surface area contributed by atoms with Crippen LogP contribution in [0.1, 0.15) is 31.2 Å².